The molecule has 0 saturated carbocycles. The summed E-state index contributed by atoms with van der Waals surface area (Å²) in [6.07, 6.45) is -4.57. The minimum absolute atomic E-state index is 0.0337. The highest BCUT2D eigenvalue weighted by atomic mass is 19.4. The average molecular weight is 542 g/mol. The van der Waals surface area contributed by atoms with Crippen LogP contribution in [-0.4, -0.2) is 36.8 Å². The maximum Gasteiger partial charge on any atom is 0.405 e. The van der Waals surface area contributed by atoms with E-state index >= 15 is 0 Å². The molecule has 39 heavy (non-hydrogen) atoms. The van der Waals surface area contributed by atoms with Gasteiger partial charge in [0.1, 0.15) is 12.3 Å². The van der Waals surface area contributed by atoms with Gasteiger partial charge in [0.2, 0.25) is 0 Å². The highest BCUT2D eigenvalue weighted by Crippen LogP contribution is 2.43. The number of ether oxygens (including phenoxy) is 1. The van der Waals surface area contributed by atoms with Crippen molar-refractivity contribution in [1.29, 1.82) is 0 Å². The first kappa shape index (κ1) is 27.2. The Morgan fingerprint density at radius 3 is 2.46 bits per heavy atom. The number of aromatic nitrogens is 1. The largest absolute Gasteiger partial charge is 0.496 e. The molecule has 0 bridgehead atoms. The van der Waals surface area contributed by atoms with E-state index in [2.05, 4.69) is 17.1 Å². The van der Waals surface area contributed by atoms with Gasteiger partial charge in [0.15, 0.2) is 17.2 Å². The summed E-state index contributed by atoms with van der Waals surface area (Å²) < 4.78 is 61.6. The van der Waals surface area contributed by atoms with Crippen molar-refractivity contribution in [2.24, 2.45) is 0 Å². The minimum atomic E-state index is -4.57. The molecule has 0 spiro atoms. The van der Waals surface area contributed by atoms with Gasteiger partial charge in [-0.1, -0.05) is 23.9 Å². The third-order valence-electron chi connectivity index (χ3n) is 5.87. The predicted molar refractivity (Wildman–Crippen MR) is 138 cm³/mol. The molecule has 2 amide bonds. The number of benzene rings is 3. The number of amides is 2. The lowest BCUT2D eigenvalue weighted by atomic mass is 9.89. The molecule has 0 aliphatic carbocycles. The second kappa shape index (κ2) is 10.5. The number of nitrogen functional groups attached to an aromatic ring is 1. The normalized spacial score (nSPS) is 11.3. The molecule has 0 fully saturated rings. The first-order valence-corrected chi connectivity index (χ1v) is 11.4. The van der Waals surface area contributed by atoms with Crippen molar-refractivity contribution >= 4 is 34.3 Å². The number of nitrogens with zero attached hydrogens (tertiary/aromatic N) is 1. The topological polar surface area (TPSA) is 119 Å². The fraction of sp³-hybridized carbons (Fsp3) is 0.148. The lowest BCUT2D eigenvalue weighted by molar-refractivity contribution is -0.123. The number of methoxy groups -OCH3 is 1. The van der Waals surface area contributed by atoms with E-state index in [0.717, 1.165) is 5.56 Å². The minimum Gasteiger partial charge on any atom is -0.496 e. The Balaban J connectivity index is 1.84. The Labute approximate surface area is 219 Å². The fourth-order valence-corrected chi connectivity index (χ4v) is 4.13. The quantitative estimate of drug-likeness (QED) is 0.201. The van der Waals surface area contributed by atoms with Crippen molar-refractivity contribution in [1.82, 2.24) is 10.5 Å². The fourth-order valence-electron chi connectivity index (χ4n) is 4.13. The molecule has 0 radical (unpaired) electrons. The van der Waals surface area contributed by atoms with Crippen LogP contribution in [0.2, 0.25) is 0 Å². The van der Waals surface area contributed by atoms with Crippen molar-refractivity contribution in [3.8, 4) is 28.0 Å². The van der Waals surface area contributed by atoms with Gasteiger partial charge >= 0.3 is 6.18 Å². The van der Waals surface area contributed by atoms with E-state index in [-0.39, 0.29) is 17.1 Å². The second-order valence-corrected chi connectivity index (χ2v) is 8.53. The molecular weight excluding hydrogens is 520 g/mol. The van der Waals surface area contributed by atoms with Gasteiger partial charge in [0.05, 0.1) is 18.1 Å². The smallest absolute Gasteiger partial charge is 0.405 e. The van der Waals surface area contributed by atoms with E-state index in [1.165, 1.54) is 19.2 Å². The van der Waals surface area contributed by atoms with E-state index < -0.39 is 30.4 Å². The van der Waals surface area contributed by atoms with Gasteiger partial charge in [0.25, 0.3) is 11.8 Å². The number of hydrogen-bond acceptors (Lipinski definition) is 6. The van der Waals surface area contributed by atoms with Crippen molar-refractivity contribution in [3.05, 3.63) is 72.1 Å². The van der Waals surface area contributed by atoms with Crippen LogP contribution in [0.3, 0.4) is 0 Å². The summed E-state index contributed by atoms with van der Waals surface area (Å²) in [5.74, 6) is -2.92. The zero-order valence-electron chi connectivity index (χ0n) is 20.7. The van der Waals surface area contributed by atoms with Crippen LogP contribution in [0.25, 0.3) is 33.2 Å². The van der Waals surface area contributed by atoms with Crippen LogP contribution in [0.1, 0.15) is 15.9 Å². The summed E-state index contributed by atoms with van der Waals surface area (Å²) >= 11 is 0. The number of anilines is 2. The van der Waals surface area contributed by atoms with Crippen LogP contribution in [0.4, 0.5) is 29.1 Å². The van der Waals surface area contributed by atoms with Crippen molar-refractivity contribution in [2.75, 3.05) is 24.7 Å². The third-order valence-corrected chi connectivity index (χ3v) is 5.87. The molecule has 0 aliphatic heterocycles. The van der Waals surface area contributed by atoms with Crippen LogP contribution in [0.5, 0.6) is 5.75 Å². The second-order valence-electron chi connectivity index (χ2n) is 8.53. The number of aryl methyl sites for hydroxylation is 1. The molecule has 12 heteroatoms. The third kappa shape index (κ3) is 5.69. The lowest BCUT2D eigenvalue weighted by Gasteiger charge is -2.17. The number of hydrogen-bond donors (Lipinski definition) is 3. The van der Waals surface area contributed by atoms with E-state index in [4.69, 9.17) is 15.0 Å². The molecule has 202 valence electrons. The van der Waals surface area contributed by atoms with E-state index in [1.54, 1.807) is 43.3 Å². The van der Waals surface area contributed by atoms with Gasteiger partial charge in [0, 0.05) is 11.3 Å². The zero-order valence-corrected chi connectivity index (χ0v) is 20.7. The molecular formula is C27H22F4N4O4. The number of rotatable bonds is 7. The molecule has 4 N–H and O–H groups in total. The summed E-state index contributed by atoms with van der Waals surface area (Å²) in [4.78, 5) is 24.1. The Kier molecular flexibility index (Phi) is 7.30. The molecule has 4 aromatic rings. The zero-order chi connectivity index (χ0) is 28.5. The number of carbonyl (C=O) groups excluding carboxylic acids is 2. The number of halogens is 4. The van der Waals surface area contributed by atoms with E-state index in [1.807, 2.05) is 5.32 Å². The van der Waals surface area contributed by atoms with Crippen LogP contribution < -0.4 is 21.1 Å². The molecule has 0 saturated heterocycles. The summed E-state index contributed by atoms with van der Waals surface area (Å²) in [6.45, 7) is 3.27. The van der Waals surface area contributed by atoms with Crippen LogP contribution in [0, 0.1) is 6.92 Å². The highest BCUT2D eigenvalue weighted by molar-refractivity contribution is 6.08. The van der Waals surface area contributed by atoms with Crippen LogP contribution in [-0.2, 0) is 4.79 Å². The molecule has 1 heterocycles. The number of carbonyl (C=O) groups is 2. The van der Waals surface area contributed by atoms with Crippen LogP contribution >= 0.6 is 0 Å². The number of alkyl halides is 3. The SMILES string of the molecule is C=C(F)C(=O)Nc1ccc(-c2ccc3onc(N)c3c2-c2ccc(C(=O)NCC(F)(F)F)c(OC)c2)c(C)c1. The van der Waals surface area contributed by atoms with Crippen LogP contribution in [0.15, 0.2) is 65.5 Å². The summed E-state index contributed by atoms with van der Waals surface area (Å²) in [6, 6.07) is 12.8. The predicted octanol–water partition coefficient (Wildman–Crippen LogP) is 5.77. The number of fused-ring (bicyclic) bond motifs is 1. The van der Waals surface area contributed by atoms with Gasteiger partial charge in [-0.25, -0.2) is 4.39 Å². The van der Waals surface area contributed by atoms with Gasteiger partial charge in [-0.15, -0.1) is 0 Å². The molecule has 3 aromatic carbocycles. The summed E-state index contributed by atoms with van der Waals surface area (Å²) in [5.41, 5.74) is 9.94. The molecule has 0 unspecified atom stereocenters. The van der Waals surface area contributed by atoms with Crippen molar-refractivity contribution in [2.45, 2.75) is 13.1 Å². The molecule has 0 aliphatic rings. The summed E-state index contributed by atoms with van der Waals surface area (Å²) in [5, 5.41) is 8.55. The first-order valence-electron chi connectivity index (χ1n) is 11.4. The monoisotopic (exact) mass is 542 g/mol. The maximum atomic E-state index is 13.1. The van der Waals surface area contributed by atoms with E-state index in [9.17, 15) is 27.2 Å². The maximum absolute atomic E-state index is 13.1. The Morgan fingerprint density at radius 2 is 1.82 bits per heavy atom. The first-order chi connectivity index (χ1) is 18.4. The van der Waals surface area contributed by atoms with Gasteiger partial charge < -0.3 is 25.6 Å². The molecule has 4 rings (SSSR count). The standard InChI is InChI=1S/C27H22F4N4O4/c1-13-10-16(34-25(36)14(2)28)5-7-17(13)18-8-9-20-23(24(32)35-39-20)22(18)15-4-6-19(21(11-15)38-3)26(37)33-12-27(29,30)31/h4-11H,2,12H2,1,3H3,(H2,32,35)(H,33,37)(H,34,36). The van der Waals surface area contributed by atoms with E-state index in [0.29, 0.717) is 38.9 Å². The molecule has 1 aromatic heterocycles. The van der Waals surface area contributed by atoms with Gasteiger partial charge in [-0.2, -0.15) is 13.2 Å². The van der Waals surface area contributed by atoms with Gasteiger partial charge in [-0.3, -0.25) is 9.59 Å². The molecule has 8 nitrogen and oxygen atoms in total. The number of nitrogens with two attached hydrogens (primary N) is 1. The Bertz CT molecular complexity index is 1610. The summed E-state index contributed by atoms with van der Waals surface area (Å²) in [7, 11) is 1.29. The van der Waals surface area contributed by atoms with Crippen molar-refractivity contribution in [3.63, 3.8) is 0 Å². The van der Waals surface area contributed by atoms with Gasteiger partial charge in [-0.05, 0) is 65.6 Å². The Morgan fingerprint density at radius 1 is 1.10 bits per heavy atom. The lowest BCUT2D eigenvalue weighted by Crippen LogP contribution is -2.33. The average Bonchev–Trinajstić information content (AvgIpc) is 3.26. The molecule has 0 atom stereocenters. The van der Waals surface area contributed by atoms with Crippen molar-refractivity contribution < 1.29 is 36.4 Å². The number of nitrogens with one attached hydrogen (secondary N) is 2. The Hall–Kier alpha value is -4.87. The highest BCUT2D eigenvalue weighted by Gasteiger charge is 2.29.